The fraction of sp³-hybridized carbons (Fsp3) is 0.938. The lowest BCUT2D eigenvalue weighted by Crippen LogP contribution is -2.48. The molecule has 0 aromatic rings. The van der Waals surface area contributed by atoms with E-state index in [0.29, 0.717) is 0 Å². The summed E-state index contributed by atoms with van der Waals surface area (Å²) in [5.74, 6) is 0. The fourth-order valence-corrected chi connectivity index (χ4v) is 5.54. The van der Waals surface area contributed by atoms with Crippen LogP contribution < -0.4 is 0 Å². The van der Waals surface area contributed by atoms with Crippen LogP contribution in [0.3, 0.4) is 0 Å². The van der Waals surface area contributed by atoms with E-state index in [4.69, 9.17) is 9.16 Å². The van der Waals surface area contributed by atoms with Crippen LogP contribution >= 0.6 is 0 Å². The molecule has 0 bridgehead atoms. The van der Waals surface area contributed by atoms with Gasteiger partial charge in [0.05, 0.1) is 19.9 Å². The van der Waals surface area contributed by atoms with Crippen LogP contribution in [0.1, 0.15) is 41.5 Å². The summed E-state index contributed by atoms with van der Waals surface area (Å²) in [7, 11) is -3.51. The molecule has 0 aromatic heterocycles. The van der Waals surface area contributed by atoms with Gasteiger partial charge in [0.2, 0.25) is 0 Å². The molecule has 3 atom stereocenters. The van der Waals surface area contributed by atoms with Crippen molar-refractivity contribution in [2.45, 2.75) is 95.7 Å². The molecule has 5 heteroatoms. The van der Waals surface area contributed by atoms with Crippen molar-refractivity contribution in [2.24, 2.45) is 0 Å². The van der Waals surface area contributed by atoms with Crippen LogP contribution in [-0.2, 0) is 9.16 Å². The van der Waals surface area contributed by atoms with Gasteiger partial charge in [0.25, 0.3) is 0 Å². The van der Waals surface area contributed by atoms with Crippen LogP contribution in [0, 0.1) is 11.3 Å². The van der Waals surface area contributed by atoms with Gasteiger partial charge in [-0.15, -0.1) is 0 Å². The van der Waals surface area contributed by atoms with Crippen molar-refractivity contribution < 1.29 is 9.16 Å². The Balaban J connectivity index is 2.82. The highest BCUT2D eigenvalue weighted by atomic mass is 28.4. The van der Waals surface area contributed by atoms with Crippen molar-refractivity contribution in [3.63, 3.8) is 0 Å². The minimum atomic E-state index is -1.93. The molecule has 0 amide bonds. The first-order valence-electron chi connectivity index (χ1n) is 7.88. The zero-order chi connectivity index (χ0) is 16.9. The second-order valence-electron chi connectivity index (χ2n) is 9.42. The molecule has 0 aromatic carbocycles. The van der Waals surface area contributed by atoms with Crippen LogP contribution in [-0.4, -0.2) is 34.3 Å². The van der Waals surface area contributed by atoms with E-state index >= 15 is 0 Å². The lowest BCUT2D eigenvalue weighted by atomic mass is 10.2. The van der Waals surface area contributed by atoms with Gasteiger partial charge in [-0.25, -0.2) is 0 Å². The molecule has 1 heterocycles. The van der Waals surface area contributed by atoms with Crippen LogP contribution in [0.4, 0.5) is 0 Å². The SMILES string of the molecule is CC(C)(C)[Si](C)(C)OC(C#N)C1OC1[Si](C)(C)C(C)(C)C. The minimum Gasteiger partial charge on any atom is -0.399 e. The molecule has 3 unspecified atom stereocenters. The van der Waals surface area contributed by atoms with Crippen molar-refractivity contribution in [2.75, 3.05) is 0 Å². The summed E-state index contributed by atoms with van der Waals surface area (Å²) in [5.41, 5.74) is 0.243. The number of hydrogen-bond donors (Lipinski definition) is 0. The Hall–Kier alpha value is -0.156. The van der Waals surface area contributed by atoms with E-state index in [2.05, 4.69) is 73.8 Å². The zero-order valence-corrected chi connectivity index (χ0v) is 17.5. The van der Waals surface area contributed by atoms with Crippen molar-refractivity contribution in [1.82, 2.24) is 0 Å². The number of nitrogens with zero attached hydrogens (tertiary/aromatic N) is 1. The van der Waals surface area contributed by atoms with E-state index in [1.54, 1.807) is 0 Å². The Labute approximate surface area is 133 Å². The molecule has 1 aliphatic rings. The van der Waals surface area contributed by atoms with Crippen LogP contribution in [0.5, 0.6) is 0 Å². The molecule has 1 fully saturated rings. The van der Waals surface area contributed by atoms with Gasteiger partial charge in [0.15, 0.2) is 14.4 Å². The van der Waals surface area contributed by atoms with Crippen LogP contribution in [0.25, 0.3) is 0 Å². The third-order valence-corrected chi connectivity index (χ3v) is 16.0. The van der Waals surface area contributed by atoms with Crippen molar-refractivity contribution in [3.8, 4) is 6.07 Å². The Bertz CT molecular complexity index is 427. The number of nitriles is 1. The molecule has 21 heavy (non-hydrogen) atoms. The maximum Gasteiger partial charge on any atom is 0.193 e. The van der Waals surface area contributed by atoms with E-state index in [-0.39, 0.29) is 21.9 Å². The highest BCUT2D eigenvalue weighted by Gasteiger charge is 2.59. The quantitative estimate of drug-likeness (QED) is 0.554. The summed E-state index contributed by atoms with van der Waals surface area (Å²) < 4.78 is 12.2. The third kappa shape index (κ3) is 3.79. The summed E-state index contributed by atoms with van der Waals surface area (Å²) >= 11 is 0. The monoisotopic (exact) mass is 327 g/mol. The summed E-state index contributed by atoms with van der Waals surface area (Å²) in [6.45, 7) is 22.6. The lowest BCUT2D eigenvalue weighted by Gasteiger charge is -2.38. The number of epoxide rings is 1. The van der Waals surface area contributed by atoms with Crippen LogP contribution in [0.15, 0.2) is 0 Å². The van der Waals surface area contributed by atoms with E-state index in [1.165, 1.54) is 0 Å². The molecule has 0 radical (unpaired) electrons. The smallest absolute Gasteiger partial charge is 0.193 e. The summed E-state index contributed by atoms with van der Waals surface area (Å²) in [6, 6.07) is 2.36. The van der Waals surface area contributed by atoms with Crippen molar-refractivity contribution >= 4 is 16.4 Å². The van der Waals surface area contributed by atoms with Gasteiger partial charge in [-0.05, 0) is 23.2 Å². The number of rotatable bonds is 4. The molecular weight excluding hydrogens is 294 g/mol. The molecule has 0 spiro atoms. The molecule has 0 saturated carbocycles. The standard InChI is InChI=1S/C16H33NO2Si2/c1-15(2,3)20(7,8)14-13(18-14)12(11-17)19-21(9,10)16(4,5)6/h12-14H,1-10H3. The second kappa shape index (κ2) is 5.48. The van der Waals surface area contributed by atoms with Gasteiger partial charge >= 0.3 is 0 Å². The van der Waals surface area contributed by atoms with E-state index < -0.39 is 22.5 Å². The predicted molar refractivity (Wildman–Crippen MR) is 93.5 cm³/mol. The van der Waals surface area contributed by atoms with Gasteiger partial charge in [0.1, 0.15) is 6.10 Å². The topological polar surface area (TPSA) is 45.5 Å². The third-order valence-electron chi connectivity index (χ3n) is 5.82. The minimum absolute atomic E-state index is 0.0231. The Morgan fingerprint density at radius 1 is 1.00 bits per heavy atom. The van der Waals surface area contributed by atoms with Gasteiger partial charge < -0.3 is 9.16 Å². The predicted octanol–water partition coefficient (Wildman–Crippen LogP) is 4.72. The lowest BCUT2D eigenvalue weighted by molar-refractivity contribution is 0.188. The van der Waals surface area contributed by atoms with Crippen molar-refractivity contribution in [3.05, 3.63) is 0 Å². The summed E-state index contributed by atoms with van der Waals surface area (Å²) in [5, 5.41) is 9.92. The van der Waals surface area contributed by atoms with E-state index in [0.717, 1.165) is 0 Å². The molecule has 0 N–H and O–H groups in total. The summed E-state index contributed by atoms with van der Waals surface area (Å²) in [6.07, 6.45) is -0.435. The van der Waals surface area contributed by atoms with Gasteiger partial charge in [-0.3, -0.25) is 0 Å². The van der Waals surface area contributed by atoms with Crippen molar-refractivity contribution in [1.29, 1.82) is 5.26 Å². The number of hydrogen-bond acceptors (Lipinski definition) is 3. The number of ether oxygens (including phenoxy) is 1. The van der Waals surface area contributed by atoms with Gasteiger partial charge in [-0.1, -0.05) is 54.6 Å². The maximum absolute atomic E-state index is 9.53. The molecular formula is C16H33NO2Si2. The fourth-order valence-electron chi connectivity index (χ4n) is 2.02. The first-order chi connectivity index (χ1) is 9.15. The first-order valence-corrected chi connectivity index (χ1v) is 13.9. The Kier molecular flexibility index (Phi) is 4.93. The summed E-state index contributed by atoms with van der Waals surface area (Å²) in [4.78, 5) is 0. The largest absolute Gasteiger partial charge is 0.399 e. The molecule has 0 aliphatic carbocycles. The Morgan fingerprint density at radius 3 is 1.81 bits per heavy atom. The Morgan fingerprint density at radius 2 is 1.48 bits per heavy atom. The van der Waals surface area contributed by atoms with Gasteiger partial charge in [-0.2, -0.15) is 5.26 Å². The van der Waals surface area contributed by atoms with Crippen LogP contribution in [0.2, 0.25) is 36.3 Å². The molecule has 1 aliphatic heterocycles. The van der Waals surface area contributed by atoms with E-state index in [1.807, 2.05) is 0 Å². The molecule has 1 rings (SSSR count). The molecule has 122 valence electrons. The highest BCUT2D eigenvalue weighted by molar-refractivity contribution is 6.82. The molecule has 1 saturated heterocycles. The van der Waals surface area contributed by atoms with E-state index in [9.17, 15) is 5.26 Å². The zero-order valence-electron chi connectivity index (χ0n) is 15.5. The normalized spacial score (nSPS) is 25.4. The average Bonchev–Trinajstić information content (AvgIpc) is 3.02. The first kappa shape index (κ1) is 18.9. The average molecular weight is 328 g/mol. The highest BCUT2D eigenvalue weighted by Crippen LogP contribution is 2.48. The van der Waals surface area contributed by atoms with Gasteiger partial charge in [0, 0.05) is 0 Å². The second-order valence-corrected chi connectivity index (χ2v) is 19.7. The maximum atomic E-state index is 9.53. The molecule has 3 nitrogen and oxygen atoms in total.